The number of carbonyl (C=O) groups is 1. The van der Waals surface area contributed by atoms with Gasteiger partial charge >= 0.3 is 5.69 Å². The molecule has 1 amide bonds. The van der Waals surface area contributed by atoms with Crippen molar-refractivity contribution in [1.82, 2.24) is 19.6 Å². The van der Waals surface area contributed by atoms with Gasteiger partial charge in [0.2, 0.25) is 0 Å². The Labute approximate surface area is 191 Å². The van der Waals surface area contributed by atoms with Gasteiger partial charge in [0, 0.05) is 32.7 Å². The molecule has 4 rings (SSSR count). The van der Waals surface area contributed by atoms with Crippen molar-refractivity contribution in [3.63, 3.8) is 0 Å². The number of aryl methyl sites for hydroxylation is 2. The molecule has 0 bridgehead atoms. The van der Waals surface area contributed by atoms with E-state index >= 15 is 0 Å². The molecule has 0 saturated carbocycles. The fourth-order valence-corrected chi connectivity index (χ4v) is 5.05. The summed E-state index contributed by atoms with van der Waals surface area (Å²) in [6, 6.07) is 10.4. The van der Waals surface area contributed by atoms with Crippen LogP contribution in [-0.2, 0) is 13.1 Å². The second kappa shape index (κ2) is 9.22. The molecule has 1 aliphatic rings. The molecule has 3 heterocycles. The SMILES string of the molecule is Cc1cccc(CN2CCN(C(=O)c3cc(Cn4nc(C)c([N+](=O)[O-])c4C)cs3)CC2)c1. The van der Waals surface area contributed by atoms with E-state index in [4.69, 9.17) is 0 Å². The minimum Gasteiger partial charge on any atom is -0.335 e. The fraction of sp³-hybridized carbons (Fsp3) is 0.391. The zero-order valence-electron chi connectivity index (χ0n) is 18.6. The predicted molar refractivity (Wildman–Crippen MR) is 124 cm³/mol. The average molecular weight is 454 g/mol. The number of nitro groups is 1. The number of hydrogen-bond donors (Lipinski definition) is 0. The van der Waals surface area contributed by atoms with Crippen LogP contribution in [0.1, 0.15) is 37.7 Å². The van der Waals surface area contributed by atoms with E-state index in [-0.39, 0.29) is 11.6 Å². The summed E-state index contributed by atoms with van der Waals surface area (Å²) in [5.41, 5.74) is 4.48. The first-order valence-corrected chi connectivity index (χ1v) is 11.5. The van der Waals surface area contributed by atoms with Gasteiger partial charge in [-0.15, -0.1) is 11.3 Å². The molecule has 0 N–H and O–H groups in total. The quantitative estimate of drug-likeness (QED) is 0.419. The van der Waals surface area contributed by atoms with E-state index in [1.54, 1.807) is 18.5 Å². The van der Waals surface area contributed by atoms with Crippen LogP contribution in [-0.4, -0.2) is 56.6 Å². The van der Waals surface area contributed by atoms with Crippen molar-refractivity contribution in [3.05, 3.63) is 78.8 Å². The topological polar surface area (TPSA) is 84.5 Å². The van der Waals surface area contributed by atoms with E-state index in [0.29, 0.717) is 35.9 Å². The molecule has 3 aromatic rings. The smallest absolute Gasteiger partial charge is 0.312 e. The lowest BCUT2D eigenvalue weighted by Crippen LogP contribution is -2.48. The summed E-state index contributed by atoms with van der Waals surface area (Å²) in [7, 11) is 0. The summed E-state index contributed by atoms with van der Waals surface area (Å²) >= 11 is 1.42. The summed E-state index contributed by atoms with van der Waals surface area (Å²) in [4.78, 5) is 28.8. The van der Waals surface area contributed by atoms with Gasteiger partial charge in [0.15, 0.2) is 0 Å². The van der Waals surface area contributed by atoms with E-state index in [9.17, 15) is 14.9 Å². The molecule has 0 aliphatic carbocycles. The van der Waals surface area contributed by atoms with Gasteiger partial charge in [-0.25, -0.2) is 0 Å². The zero-order valence-corrected chi connectivity index (χ0v) is 19.4. The maximum atomic E-state index is 13.0. The normalized spacial score (nSPS) is 14.7. The molecule has 1 fully saturated rings. The van der Waals surface area contributed by atoms with Crippen LogP contribution in [0.25, 0.3) is 0 Å². The van der Waals surface area contributed by atoms with Crippen molar-refractivity contribution in [2.45, 2.75) is 33.9 Å². The van der Waals surface area contributed by atoms with E-state index in [2.05, 4.69) is 41.2 Å². The van der Waals surface area contributed by atoms with Gasteiger partial charge in [-0.2, -0.15) is 5.10 Å². The van der Waals surface area contributed by atoms with Gasteiger partial charge < -0.3 is 4.90 Å². The average Bonchev–Trinajstić information content (AvgIpc) is 3.32. The van der Waals surface area contributed by atoms with Gasteiger partial charge in [0.1, 0.15) is 11.4 Å². The molecule has 168 valence electrons. The lowest BCUT2D eigenvalue weighted by atomic mass is 10.1. The summed E-state index contributed by atoms with van der Waals surface area (Å²) in [5, 5.41) is 17.4. The van der Waals surface area contributed by atoms with Crippen LogP contribution in [0.3, 0.4) is 0 Å². The number of nitrogens with zero attached hydrogens (tertiary/aromatic N) is 5. The third-order valence-corrected chi connectivity index (χ3v) is 6.84. The van der Waals surface area contributed by atoms with E-state index < -0.39 is 4.92 Å². The van der Waals surface area contributed by atoms with Crippen molar-refractivity contribution in [2.24, 2.45) is 0 Å². The predicted octanol–water partition coefficient (Wildman–Crippen LogP) is 3.78. The Bertz CT molecular complexity index is 1140. The molecule has 0 radical (unpaired) electrons. The van der Waals surface area contributed by atoms with Crippen LogP contribution >= 0.6 is 11.3 Å². The fourth-order valence-electron chi connectivity index (χ4n) is 4.18. The minimum atomic E-state index is -0.394. The number of benzene rings is 1. The summed E-state index contributed by atoms with van der Waals surface area (Å²) in [6.07, 6.45) is 0. The van der Waals surface area contributed by atoms with Crippen LogP contribution in [0.15, 0.2) is 35.7 Å². The Kier molecular flexibility index (Phi) is 6.38. The molecule has 0 atom stereocenters. The van der Waals surface area contributed by atoms with E-state index in [0.717, 1.165) is 25.2 Å². The van der Waals surface area contributed by atoms with Crippen molar-refractivity contribution >= 4 is 22.9 Å². The largest absolute Gasteiger partial charge is 0.335 e. The van der Waals surface area contributed by atoms with Gasteiger partial charge in [-0.3, -0.25) is 24.5 Å². The molecular formula is C23H27N5O3S. The van der Waals surface area contributed by atoms with Gasteiger partial charge in [-0.05, 0) is 43.3 Å². The first-order valence-electron chi connectivity index (χ1n) is 10.6. The highest BCUT2D eigenvalue weighted by Gasteiger charge is 2.25. The number of aromatic nitrogens is 2. The van der Waals surface area contributed by atoms with Crippen LogP contribution in [0.5, 0.6) is 0 Å². The van der Waals surface area contributed by atoms with E-state index in [1.807, 2.05) is 16.3 Å². The van der Waals surface area contributed by atoms with Crippen LogP contribution in [0, 0.1) is 30.9 Å². The molecule has 2 aromatic heterocycles. The van der Waals surface area contributed by atoms with Gasteiger partial charge in [0.25, 0.3) is 5.91 Å². The molecule has 0 unspecified atom stereocenters. The van der Waals surface area contributed by atoms with Crippen molar-refractivity contribution in [1.29, 1.82) is 0 Å². The van der Waals surface area contributed by atoms with Crippen molar-refractivity contribution < 1.29 is 9.72 Å². The van der Waals surface area contributed by atoms with Crippen LogP contribution < -0.4 is 0 Å². The van der Waals surface area contributed by atoms with Gasteiger partial charge in [-0.1, -0.05) is 29.8 Å². The first-order chi connectivity index (χ1) is 15.3. The molecule has 1 saturated heterocycles. The highest BCUT2D eigenvalue weighted by atomic mass is 32.1. The van der Waals surface area contributed by atoms with Crippen molar-refractivity contribution in [3.8, 4) is 0 Å². The molecule has 8 nitrogen and oxygen atoms in total. The number of carbonyl (C=O) groups excluding carboxylic acids is 1. The zero-order chi connectivity index (χ0) is 22.8. The van der Waals surface area contributed by atoms with Crippen LogP contribution in [0.2, 0.25) is 0 Å². The molecule has 32 heavy (non-hydrogen) atoms. The number of rotatable bonds is 6. The first kappa shape index (κ1) is 22.2. The number of piperazine rings is 1. The standard InChI is InChI=1S/C23H27N5O3S/c1-16-5-4-6-19(11-16)13-25-7-9-26(10-8-25)23(29)21-12-20(15-32-21)14-27-18(3)22(28(30)31)17(2)24-27/h4-6,11-12,15H,7-10,13-14H2,1-3H3. The Morgan fingerprint density at radius 2 is 1.84 bits per heavy atom. The second-order valence-electron chi connectivity index (χ2n) is 8.31. The molecule has 9 heteroatoms. The molecule has 1 aliphatic heterocycles. The highest BCUT2D eigenvalue weighted by molar-refractivity contribution is 7.12. The lowest BCUT2D eigenvalue weighted by Gasteiger charge is -2.34. The summed E-state index contributed by atoms with van der Waals surface area (Å²) in [6.45, 7) is 9.89. The Morgan fingerprint density at radius 1 is 1.09 bits per heavy atom. The third-order valence-electron chi connectivity index (χ3n) is 5.87. The van der Waals surface area contributed by atoms with Crippen LogP contribution in [0.4, 0.5) is 5.69 Å². The molecule has 1 aromatic carbocycles. The summed E-state index contributed by atoms with van der Waals surface area (Å²) in [5.74, 6) is 0.0517. The maximum Gasteiger partial charge on any atom is 0.312 e. The number of amides is 1. The molecule has 0 spiro atoms. The monoisotopic (exact) mass is 453 g/mol. The maximum absolute atomic E-state index is 13.0. The lowest BCUT2D eigenvalue weighted by molar-refractivity contribution is -0.386. The number of thiophene rings is 1. The number of hydrogen-bond acceptors (Lipinski definition) is 6. The van der Waals surface area contributed by atoms with E-state index in [1.165, 1.54) is 22.5 Å². The molecular weight excluding hydrogens is 426 g/mol. The van der Waals surface area contributed by atoms with Gasteiger partial charge in [0.05, 0.1) is 16.3 Å². The van der Waals surface area contributed by atoms with Crippen molar-refractivity contribution in [2.75, 3.05) is 26.2 Å². The summed E-state index contributed by atoms with van der Waals surface area (Å²) < 4.78 is 1.63. The Hall–Kier alpha value is -3.04. The Balaban J connectivity index is 1.35. The second-order valence-corrected chi connectivity index (χ2v) is 9.22. The minimum absolute atomic E-state index is 0.0517. The highest BCUT2D eigenvalue weighted by Crippen LogP contribution is 2.24. The Morgan fingerprint density at radius 3 is 2.50 bits per heavy atom. The third kappa shape index (κ3) is 4.73.